The molecule has 10 heteroatoms. The molecule has 3 rings (SSSR count). The summed E-state index contributed by atoms with van der Waals surface area (Å²) >= 11 is 0. The number of fused-ring (bicyclic) bond motifs is 1. The Morgan fingerprint density at radius 3 is 2.92 bits per heavy atom. The van der Waals surface area contributed by atoms with Gasteiger partial charge in [0.2, 0.25) is 0 Å². The molecule has 0 aliphatic carbocycles. The minimum atomic E-state index is -3.45. The topological polar surface area (TPSA) is 109 Å². The van der Waals surface area contributed by atoms with Gasteiger partial charge in [-0.05, 0) is 24.3 Å². The second-order valence-corrected chi connectivity index (χ2v) is 7.51. The summed E-state index contributed by atoms with van der Waals surface area (Å²) in [6, 6.07) is 3.46. The van der Waals surface area contributed by atoms with Gasteiger partial charge in [0, 0.05) is 19.8 Å². The van der Waals surface area contributed by atoms with E-state index in [0.29, 0.717) is 5.76 Å². The van der Waals surface area contributed by atoms with E-state index in [9.17, 15) is 18.0 Å². The van der Waals surface area contributed by atoms with E-state index in [1.807, 2.05) is 0 Å². The van der Waals surface area contributed by atoms with Crippen molar-refractivity contribution >= 4 is 27.7 Å². The average Bonchev–Trinajstić information content (AvgIpc) is 3.11. The zero-order valence-corrected chi connectivity index (χ0v) is 14.8. The maximum atomic E-state index is 12.1. The first kappa shape index (κ1) is 17.9. The van der Waals surface area contributed by atoms with Gasteiger partial charge in [-0.25, -0.2) is 13.2 Å². The monoisotopic (exact) mass is 379 g/mol. The lowest BCUT2D eigenvalue weighted by molar-refractivity contribution is -0.148. The summed E-state index contributed by atoms with van der Waals surface area (Å²) in [4.78, 5) is 27.1. The molecule has 0 bridgehead atoms. The third-order valence-electron chi connectivity index (χ3n) is 3.79. The number of ether oxygens (including phenoxy) is 1. The second kappa shape index (κ2) is 7.16. The maximum absolute atomic E-state index is 12.1. The van der Waals surface area contributed by atoms with Crippen molar-refractivity contribution in [2.24, 2.45) is 4.40 Å². The van der Waals surface area contributed by atoms with E-state index in [2.05, 4.69) is 4.40 Å². The van der Waals surface area contributed by atoms with E-state index in [4.69, 9.17) is 9.15 Å². The summed E-state index contributed by atoms with van der Waals surface area (Å²) in [5, 5.41) is 0. The summed E-state index contributed by atoms with van der Waals surface area (Å²) in [5.74, 6) is -0.298. The van der Waals surface area contributed by atoms with Crippen LogP contribution in [0.2, 0.25) is 0 Å². The number of nitrogens with zero attached hydrogens (tertiary/aromatic N) is 3. The molecule has 0 saturated heterocycles. The molecule has 0 spiro atoms. The molecule has 1 aromatic heterocycles. The SMILES string of the molecule is CN(Cc1ccco1)C(=O)COC(=O)C1=CN2CCS(=O)(=O)N=C2C=C1. The first-order valence-corrected chi connectivity index (χ1v) is 9.38. The Morgan fingerprint density at radius 2 is 2.19 bits per heavy atom. The van der Waals surface area contributed by atoms with Crippen molar-refractivity contribution in [3.63, 3.8) is 0 Å². The molecule has 26 heavy (non-hydrogen) atoms. The molecule has 0 radical (unpaired) electrons. The van der Waals surface area contributed by atoms with Crippen LogP contribution in [0.5, 0.6) is 0 Å². The van der Waals surface area contributed by atoms with Gasteiger partial charge in [-0.2, -0.15) is 0 Å². The van der Waals surface area contributed by atoms with Crippen LogP contribution in [-0.2, 0) is 30.9 Å². The van der Waals surface area contributed by atoms with E-state index >= 15 is 0 Å². The predicted octanol–water partition coefficient (Wildman–Crippen LogP) is 0.279. The number of hydrogen-bond acceptors (Lipinski definition) is 7. The molecule has 2 aliphatic heterocycles. The van der Waals surface area contributed by atoms with Crippen molar-refractivity contribution in [1.29, 1.82) is 0 Å². The number of rotatable bonds is 5. The van der Waals surface area contributed by atoms with E-state index < -0.39 is 22.6 Å². The molecule has 9 nitrogen and oxygen atoms in total. The molecule has 2 aliphatic rings. The Kier molecular flexibility index (Phi) is 4.94. The maximum Gasteiger partial charge on any atom is 0.340 e. The minimum absolute atomic E-state index is 0.126. The third-order valence-corrected chi connectivity index (χ3v) is 4.95. The molecule has 0 aromatic carbocycles. The molecule has 3 heterocycles. The molecule has 0 unspecified atom stereocenters. The lowest BCUT2D eigenvalue weighted by atomic mass is 10.2. The fourth-order valence-electron chi connectivity index (χ4n) is 2.37. The summed E-state index contributed by atoms with van der Waals surface area (Å²) in [6.45, 7) is 0.0672. The lowest BCUT2D eigenvalue weighted by Gasteiger charge is -2.26. The fourth-order valence-corrected chi connectivity index (χ4v) is 3.34. The molecular weight excluding hydrogens is 362 g/mol. The number of carbonyl (C=O) groups excluding carboxylic acids is 2. The molecular formula is C16H17N3O6S. The van der Waals surface area contributed by atoms with Gasteiger partial charge in [-0.15, -0.1) is 4.40 Å². The van der Waals surface area contributed by atoms with Gasteiger partial charge in [0.1, 0.15) is 11.6 Å². The number of likely N-dealkylation sites (N-methyl/N-ethyl adjacent to an activating group) is 1. The van der Waals surface area contributed by atoms with Crippen LogP contribution in [0.4, 0.5) is 0 Å². The highest BCUT2D eigenvalue weighted by Crippen LogP contribution is 2.16. The van der Waals surface area contributed by atoms with Crippen molar-refractivity contribution in [3.05, 3.63) is 48.1 Å². The van der Waals surface area contributed by atoms with Gasteiger partial charge in [0.15, 0.2) is 6.61 Å². The normalized spacial score (nSPS) is 17.8. The Hall–Kier alpha value is -2.88. The average molecular weight is 379 g/mol. The fraction of sp³-hybridized carbons (Fsp3) is 0.312. The Balaban J connectivity index is 1.55. The van der Waals surface area contributed by atoms with Crippen LogP contribution in [-0.4, -0.2) is 61.9 Å². The zero-order valence-electron chi connectivity index (χ0n) is 14.0. The summed E-state index contributed by atoms with van der Waals surface area (Å²) in [5.41, 5.74) is 0.213. The highest BCUT2D eigenvalue weighted by Gasteiger charge is 2.25. The van der Waals surface area contributed by atoms with Crippen LogP contribution in [0.1, 0.15) is 5.76 Å². The number of amidine groups is 1. The van der Waals surface area contributed by atoms with Crippen LogP contribution in [0.3, 0.4) is 0 Å². The largest absolute Gasteiger partial charge is 0.467 e. The van der Waals surface area contributed by atoms with Crippen LogP contribution < -0.4 is 0 Å². The van der Waals surface area contributed by atoms with Crippen LogP contribution >= 0.6 is 0 Å². The molecule has 1 aromatic rings. The molecule has 0 saturated carbocycles. The second-order valence-electron chi connectivity index (χ2n) is 5.75. The van der Waals surface area contributed by atoms with Crippen molar-refractivity contribution < 1.29 is 27.2 Å². The minimum Gasteiger partial charge on any atom is -0.467 e. The molecule has 0 atom stereocenters. The number of hydrogen-bond donors (Lipinski definition) is 0. The van der Waals surface area contributed by atoms with Crippen LogP contribution in [0.25, 0.3) is 0 Å². The zero-order chi connectivity index (χ0) is 18.7. The number of carbonyl (C=O) groups is 2. The highest BCUT2D eigenvalue weighted by atomic mass is 32.2. The smallest absolute Gasteiger partial charge is 0.340 e. The lowest BCUT2D eigenvalue weighted by Crippen LogP contribution is -2.37. The molecule has 1 amide bonds. The highest BCUT2D eigenvalue weighted by molar-refractivity contribution is 7.90. The standard InChI is InChI=1S/C16H17N3O6S/c1-18(10-13-3-2-7-24-13)15(20)11-25-16(21)12-4-5-14-17-26(22,23)8-6-19(14)9-12/h2-5,7,9H,6,8,10-11H2,1H3. The summed E-state index contributed by atoms with van der Waals surface area (Å²) in [7, 11) is -1.87. The van der Waals surface area contributed by atoms with Crippen LogP contribution in [0, 0.1) is 0 Å². The van der Waals surface area contributed by atoms with Gasteiger partial charge in [0.25, 0.3) is 15.9 Å². The van der Waals surface area contributed by atoms with Crippen molar-refractivity contribution in [3.8, 4) is 0 Å². The summed E-state index contributed by atoms with van der Waals surface area (Å²) < 4.78 is 36.8. The number of esters is 1. The Bertz CT molecular complexity index is 898. The predicted molar refractivity (Wildman–Crippen MR) is 91.3 cm³/mol. The number of furan rings is 1. The number of amides is 1. The number of sulfonamides is 1. The van der Waals surface area contributed by atoms with Gasteiger partial charge in [-0.3, -0.25) is 4.79 Å². The van der Waals surface area contributed by atoms with E-state index in [1.54, 1.807) is 24.1 Å². The Morgan fingerprint density at radius 1 is 1.38 bits per heavy atom. The van der Waals surface area contributed by atoms with Crippen LogP contribution in [0.15, 0.2) is 51.1 Å². The van der Waals surface area contributed by atoms with E-state index in [0.717, 1.165) is 0 Å². The van der Waals surface area contributed by atoms with Gasteiger partial charge in [-0.1, -0.05) is 0 Å². The molecule has 0 N–H and O–H groups in total. The molecule has 0 fully saturated rings. The van der Waals surface area contributed by atoms with Crippen molar-refractivity contribution in [1.82, 2.24) is 9.80 Å². The quantitative estimate of drug-likeness (QED) is 0.676. The first-order valence-electron chi connectivity index (χ1n) is 7.77. The molecule has 138 valence electrons. The van der Waals surface area contributed by atoms with E-state index in [-0.39, 0.29) is 36.2 Å². The van der Waals surface area contributed by atoms with Gasteiger partial charge >= 0.3 is 5.97 Å². The summed E-state index contributed by atoms with van der Waals surface area (Å²) in [6.07, 6.45) is 5.82. The van der Waals surface area contributed by atoms with Crippen molar-refractivity contribution in [2.75, 3.05) is 26.0 Å². The van der Waals surface area contributed by atoms with Gasteiger partial charge < -0.3 is 19.0 Å². The van der Waals surface area contributed by atoms with E-state index in [1.165, 1.54) is 29.5 Å². The third kappa shape index (κ3) is 4.20. The van der Waals surface area contributed by atoms with Gasteiger partial charge in [0.05, 0.1) is 24.1 Å². The first-order chi connectivity index (χ1) is 12.3. The van der Waals surface area contributed by atoms with Crippen molar-refractivity contribution in [2.45, 2.75) is 6.54 Å². The Labute approximate surface area is 150 Å².